The fraction of sp³-hybridized carbons (Fsp3) is 0.600. The summed E-state index contributed by atoms with van der Waals surface area (Å²) in [4.78, 5) is 0. The Balaban J connectivity index is 2.30. The van der Waals surface area contributed by atoms with Crippen LogP contribution in [0.25, 0.3) is 0 Å². The number of hydrogen-bond acceptors (Lipinski definition) is 2. The SMILES string of the molecule is COc1ccc(C(C)C)cc1C(O)C1CCC1. The molecule has 1 aliphatic carbocycles. The minimum Gasteiger partial charge on any atom is -0.496 e. The molecule has 2 heteroatoms. The Morgan fingerprint density at radius 3 is 2.47 bits per heavy atom. The average molecular weight is 234 g/mol. The van der Waals surface area contributed by atoms with E-state index in [1.54, 1.807) is 7.11 Å². The fourth-order valence-electron chi connectivity index (χ4n) is 2.35. The van der Waals surface area contributed by atoms with Crippen molar-refractivity contribution >= 4 is 0 Å². The van der Waals surface area contributed by atoms with Crippen LogP contribution in [0.4, 0.5) is 0 Å². The van der Waals surface area contributed by atoms with Gasteiger partial charge in [-0.2, -0.15) is 0 Å². The Morgan fingerprint density at radius 1 is 1.29 bits per heavy atom. The molecule has 1 aliphatic rings. The van der Waals surface area contributed by atoms with Gasteiger partial charge in [-0.3, -0.25) is 0 Å². The maximum atomic E-state index is 10.4. The minimum atomic E-state index is -0.364. The number of aliphatic hydroxyl groups excluding tert-OH is 1. The topological polar surface area (TPSA) is 29.5 Å². The Kier molecular flexibility index (Phi) is 3.72. The van der Waals surface area contributed by atoms with Crippen LogP contribution in [0, 0.1) is 5.92 Å². The molecule has 2 rings (SSSR count). The van der Waals surface area contributed by atoms with Crippen LogP contribution in [-0.2, 0) is 0 Å². The van der Waals surface area contributed by atoms with Gasteiger partial charge in [-0.15, -0.1) is 0 Å². The first-order chi connectivity index (χ1) is 8.13. The molecule has 1 unspecified atom stereocenters. The summed E-state index contributed by atoms with van der Waals surface area (Å²) >= 11 is 0. The second kappa shape index (κ2) is 5.09. The highest BCUT2D eigenvalue weighted by atomic mass is 16.5. The normalized spacial score (nSPS) is 17.9. The van der Waals surface area contributed by atoms with Gasteiger partial charge in [0.1, 0.15) is 5.75 Å². The Bertz CT molecular complexity index is 381. The molecule has 94 valence electrons. The summed E-state index contributed by atoms with van der Waals surface area (Å²) in [6, 6.07) is 6.17. The summed E-state index contributed by atoms with van der Waals surface area (Å²) in [5.41, 5.74) is 2.22. The van der Waals surface area contributed by atoms with Crippen molar-refractivity contribution in [2.24, 2.45) is 5.92 Å². The molecule has 0 aromatic heterocycles. The van der Waals surface area contributed by atoms with E-state index in [0.29, 0.717) is 11.8 Å². The predicted octanol–water partition coefficient (Wildman–Crippen LogP) is 3.65. The first-order valence-electron chi connectivity index (χ1n) is 6.49. The lowest BCUT2D eigenvalue weighted by molar-refractivity contribution is 0.0600. The molecule has 0 radical (unpaired) electrons. The highest BCUT2D eigenvalue weighted by Gasteiger charge is 2.28. The molecule has 0 heterocycles. The van der Waals surface area contributed by atoms with Crippen LogP contribution in [-0.4, -0.2) is 12.2 Å². The highest BCUT2D eigenvalue weighted by molar-refractivity contribution is 5.40. The van der Waals surface area contributed by atoms with Gasteiger partial charge in [-0.1, -0.05) is 26.3 Å². The lowest BCUT2D eigenvalue weighted by Crippen LogP contribution is -2.20. The minimum absolute atomic E-state index is 0.364. The number of rotatable bonds is 4. The van der Waals surface area contributed by atoms with Crippen molar-refractivity contribution in [1.29, 1.82) is 0 Å². The van der Waals surface area contributed by atoms with Gasteiger partial charge in [0.2, 0.25) is 0 Å². The third-order valence-electron chi connectivity index (χ3n) is 3.84. The van der Waals surface area contributed by atoms with Crippen molar-refractivity contribution in [3.63, 3.8) is 0 Å². The van der Waals surface area contributed by atoms with Gasteiger partial charge >= 0.3 is 0 Å². The quantitative estimate of drug-likeness (QED) is 0.861. The van der Waals surface area contributed by atoms with E-state index in [-0.39, 0.29) is 6.10 Å². The molecule has 0 spiro atoms. The number of benzene rings is 1. The summed E-state index contributed by atoms with van der Waals surface area (Å²) in [6.45, 7) is 4.34. The molecular formula is C15H22O2. The zero-order valence-corrected chi connectivity index (χ0v) is 10.9. The van der Waals surface area contributed by atoms with Crippen LogP contribution in [0.2, 0.25) is 0 Å². The average Bonchev–Trinajstić information content (AvgIpc) is 2.25. The Morgan fingerprint density at radius 2 is 2.00 bits per heavy atom. The lowest BCUT2D eigenvalue weighted by atomic mass is 9.78. The molecule has 0 aliphatic heterocycles. The van der Waals surface area contributed by atoms with E-state index in [4.69, 9.17) is 4.74 Å². The highest BCUT2D eigenvalue weighted by Crippen LogP contribution is 2.41. The monoisotopic (exact) mass is 234 g/mol. The van der Waals surface area contributed by atoms with Gasteiger partial charge < -0.3 is 9.84 Å². The van der Waals surface area contributed by atoms with Crippen LogP contribution < -0.4 is 4.74 Å². The lowest BCUT2D eigenvalue weighted by Gasteiger charge is -2.31. The van der Waals surface area contributed by atoms with E-state index in [2.05, 4.69) is 26.0 Å². The van der Waals surface area contributed by atoms with Gasteiger partial charge in [0.05, 0.1) is 13.2 Å². The summed E-state index contributed by atoms with van der Waals surface area (Å²) in [6.07, 6.45) is 3.15. The molecule has 0 saturated heterocycles. The molecular weight excluding hydrogens is 212 g/mol. The third-order valence-corrected chi connectivity index (χ3v) is 3.84. The van der Waals surface area contributed by atoms with Crippen LogP contribution in [0.1, 0.15) is 56.3 Å². The van der Waals surface area contributed by atoms with Gasteiger partial charge in [0.25, 0.3) is 0 Å². The predicted molar refractivity (Wildman–Crippen MR) is 69.4 cm³/mol. The first-order valence-corrected chi connectivity index (χ1v) is 6.49. The van der Waals surface area contributed by atoms with Crippen LogP contribution >= 0.6 is 0 Å². The summed E-state index contributed by atoms with van der Waals surface area (Å²) in [5.74, 6) is 1.72. The van der Waals surface area contributed by atoms with Gasteiger partial charge in [-0.05, 0) is 42.4 Å². The van der Waals surface area contributed by atoms with Crippen molar-refractivity contribution in [2.75, 3.05) is 7.11 Å². The standard InChI is InChI=1S/C15H22O2/c1-10(2)12-7-8-14(17-3)13(9-12)15(16)11-5-4-6-11/h7-11,15-16H,4-6H2,1-3H3. The van der Waals surface area contributed by atoms with Crippen LogP contribution in [0.5, 0.6) is 5.75 Å². The van der Waals surface area contributed by atoms with Gasteiger partial charge in [0.15, 0.2) is 0 Å². The summed E-state index contributed by atoms with van der Waals surface area (Å²) in [7, 11) is 1.67. The van der Waals surface area contributed by atoms with Gasteiger partial charge in [-0.25, -0.2) is 0 Å². The number of methoxy groups -OCH3 is 1. The molecule has 0 amide bonds. The first kappa shape index (κ1) is 12.4. The maximum absolute atomic E-state index is 10.4. The number of hydrogen-bond donors (Lipinski definition) is 1. The van der Waals surface area contributed by atoms with Crippen molar-refractivity contribution in [3.05, 3.63) is 29.3 Å². The molecule has 2 nitrogen and oxygen atoms in total. The molecule has 1 fully saturated rings. The largest absolute Gasteiger partial charge is 0.496 e. The van der Waals surface area contributed by atoms with E-state index >= 15 is 0 Å². The molecule has 1 atom stereocenters. The van der Waals surface area contributed by atoms with Crippen molar-refractivity contribution < 1.29 is 9.84 Å². The zero-order chi connectivity index (χ0) is 12.4. The van der Waals surface area contributed by atoms with Gasteiger partial charge in [0, 0.05) is 5.56 Å². The smallest absolute Gasteiger partial charge is 0.124 e. The van der Waals surface area contributed by atoms with E-state index in [9.17, 15) is 5.11 Å². The van der Waals surface area contributed by atoms with Crippen LogP contribution in [0.15, 0.2) is 18.2 Å². The second-order valence-electron chi connectivity index (χ2n) is 5.29. The maximum Gasteiger partial charge on any atom is 0.124 e. The van der Waals surface area contributed by atoms with Crippen molar-refractivity contribution in [3.8, 4) is 5.75 Å². The van der Waals surface area contributed by atoms with Crippen molar-refractivity contribution in [1.82, 2.24) is 0 Å². The summed E-state index contributed by atoms with van der Waals surface area (Å²) < 4.78 is 5.36. The molecule has 1 N–H and O–H groups in total. The molecule has 1 aromatic carbocycles. The molecule has 17 heavy (non-hydrogen) atoms. The number of ether oxygens (including phenoxy) is 1. The van der Waals surface area contributed by atoms with Crippen LogP contribution in [0.3, 0.4) is 0 Å². The van der Waals surface area contributed by atoms with Crippen molar-refractivity contribution in [2.45, 2.75) is 45.1 Å². The fourth-order valence-corrected chi connectivity index (χ4v) is 2.35. The third kappa shape index (κ3) is 2.47. The zero-order valence-electron chi connectivity index (χ0n) is 10.9. The Hall–Kier alpha value is -1.02. The molecule has 1 saturated carbocycles. The van der Waals surface area contributed by atoms with E-state index in [1.807, 2.05) is 6.07 Å². The second-order valence-corrected chi connectivity index (χ2v) is 5.29. The van der Waals surface area contributed by atoms with E-state index in [1.165, 1.54) is 12.0 Å². The van der Waals surface area contributed by atoms with E-state index < -0.39 is 0 Å². The molecule has 1 aromatic rings. The van der Waals surface area contributed by atoms with E-state index in [0.717, 1.165) is 24.2 Å². The summed E-state index contributed by atoms with van der Waals surface area (Å²) in [5, 5.41) is 10.4. The number of aliphatic hydroxyl groups is 1. The molecule has 0 bridgehead atoms. The Labute approximate surface area is 104 Å².